The molecule has 0 radical (unpaired) electrons. The van der Waals surface area contributed by atoms with E-state index in [0.29, 0.717) is 0 Å². The Hall–Kier alpha value is -0.606. The van der Waals surface area contributed by atoms with Gasteiger partial charge < -0.3 is 13.6 Å². The van der Waals surface area contributed by atoms with E-state index in [1.165, 1.54) is 11.1 Å². The summed E-state index contributed by atoms with van der Waals surface area (Å²) in [6.45, 7) is 19.1. The third kappa shape index (κ3) is 7.70. The zero-order valence-corrected chi connectivity index (χ0v) is 28.4. The normalized spacial score (nSPS) is 15.9. The van der Waals surface area contributed by atoms with Crippen LogP contribution in [0, 0.1) is 0 Å². The molecule has 2 unspecified atom stereocenters. The molecule has 2 rings (SSSR count). The minimum Gasteiger partial charge on any atom is -0.496 e. The van der Waals surface area contributed by atoms with Crippen LogP contribution in [-0.4, -0.2) is 30.9 Å². The van der Waals surface area contributed by atoms with Crippen molar-refractivity contribution in [2.45, 2.75) is 89.6 Å². The summed E-state index contributed by atoms with van der Waals surface area (Å²) in [7, 11) is -0.799. The van der Waals surface area contributed by atoms with E-state index < -0.39 is 16.6 Å². The van der Waals surface area contributed by atoms with Crippen molar-refractivity contribution in [3.05, 3.63) is 56.5 Å². The maximum Gasteiger partial charge on any atom is 0.182 e. The Kier molecular flexibility index (Phi) is 10.4. The first-order valence-electron chi connectivity index (χ1n) is 12.4. The number of hydrogen-bond donors (Lipinski definition) is 0. The molecule has 0 aliphatic rings. The molecule has 0 amide bonds. The van der Waals surface area contributed by atoms with E-state index in [-0.39, 0.29) is 10.1 Å². The van der Waals surface area contributed by atoms with Crippen LogP contribution in [0.2, 0.25) is 35.3 Å². The first-order chi connectivity index (χ1) is 16.0. The quantitative estimate of drug-likeness (QED) is 0.241. The smallest absolute Gasteiger partial charge is 0.182 e. The van der Waals surface area contributed by atoms with Crippen LogP contribution in [0.4, 0.5) is 0 Å². The molecule has 0 spiro atoms. The van der Waals surface area contributed by atoms with E-state index >= 15 is 0 Å². The molecule has 0 N–H and O–H groups in total. The summed E-state index contributed by atoms with van der Waals surface area (Å²) in [6.07, 6.45) is 1.91. The predicted molar refractivity (Wildman–Crippen MR) is 162 cm³/mol. The lowest BCUT2D eigenvalue weighted by atomic mass is 10.1. The second-order valence-electron chi connectivity index (χ2n) is 12.0. The molecule has 3 nitrogen and oxygen atoms in total. The molecule has 0 saturated carbocycles. The summed E-state index contributed by atoms with van der Waals surface area (Å²) in [6, 6.07) is 14.7. The second-order valence-corrected chi connectivity index (χ2v) is 23.5. The van der Waals surface area contributed by atoms with Crippen LogP contribution in [0.15, 0.2) is 45.3 Å². The van der Waals surface area contributed by atoms with E-state index in [1.54, 1.807) is 14.2 Å². The maximum atomic E-state index is 7.58. The van der Waals surface area contributed by atoms with Gasteiger partial charge in [-0.05, 0) is 95.6 Å². The molecule has 2 aromatic carbocycles. The molecule has 0 saturated heterocycles. The third-order valence-corrected chi connectivity index (χ3v) is 21.2. The number of ether oxygens (including phenoxy) is 2. The predicted octanol–water partition coefficient (Wildman–Crippen LogP) is 9.78. The Morgan fingerprint density at radius 3 is 1.29 bits per heavy atom. The molecule has 0 bridgehead atoms. The molecule has 2 aromatic rings. The Morgan fingerprint density at radius 1 is 0.657 bits per heavy atom. The number of aryl methyl sites for hydroxylation is 2. The van der Waals surface area contributed by atoms with E-state index in [0.717, 1.165) is 45.4 Å². The number of methoxy groups -OCH3 is 2. The maximum absolute atomic E-state index is 7.58. The van der Waals surface area contributed by atoms with Gasteiger partial charge >= 0.3 is 0 Å². The lowest BCUT2D eigenvalue weighted by molar-refractivity contribution is 0.406. The van der Waals surface area contributed by atoms with Crippen molar-refractivity contribution in [3.63, 3.8) is 0 Å². The van der Waals surface area contributed by atoms with Gasteiger partial charge in [0.25, 0.3) is 0 Å². The van der Waals surface area contributed by atoms with Gasteiger partial charge in [-0.2, -0.15) is 0 Å². The fourth-order valence-corrected chi connectivity index (χ4v) is 15.3. The van der Waals surface area contributed by atoms with Gasteiger partial charge in [-0.15, -0.1) is 0 Å². The number of rotatable bonds is 10. The Morgan fingerprint density at radius 2 is 1.00 bits per heavy atom. The molecule has 7 heteroatoms. The highest BCUT2D eigenvalue weighted by atomic mass is 79.9. The van der Waals surface area contributed by atoms with E-state index in [9.17, 15) is 0 Å². The third-order valence-electron chi connectivity index (χ3n) is 7.85. The van der Waals surface area contributed by atoms with Gasteiger partial charge in [0.15, 0.2) is 16.6 Å². The van der Waals surface area contributed by atoms with Crippen molar-refractivity contribution in [1.82, 2.24) is 0 Å². The average molecular weight is 645 g/mol. The van der Waals surface area contributed by atoms with E-state index in [1.807, 2.05) is 12.1 Å². The number of hydrogen-bond acceptors (Lipinski definition) is 3. The van der Waals surface area contributed by atoms with Gasteiger partial charge in [0.2, 0.25) is 0 Å². The van der Waals surface area contributed by atoms with Gasteiger partial charge in [0, 0.05) is 8.95 Å². The highest BCUT2D eigenvalue weighted by Gasteiger charge is 2.51. The second kappa shape index (κ2) is 11.8. The van der Waals surface area contributed by atoms with Gasteiger partial charge in [-0.3, -0.25) is 0 Å². The lowest BCUT2D eigenvalue weighted by Gasteiger charge is -2.50. The van der Waals surface area contributed by atoms with Crippen LogP contribution < -0.4 is 9.47 Å². The summed E-state index contributed by atoms with van der Waals surface area (Å²) in [4.78, 5) is 0. The van der Waals surface area contributed by atoms with Gasteiger partial charge in [-0.1, -0.05) is 73.4 Å². The Balaban J connectivity index is 2.37. The highest BCUT2D eigenvalue weighted by molar-refractivity contribution is 9.10. The topological polar surface area (TPSA) is 27.7 Å². The first-order valence-corrected chi connectivity index (χ1v) is 19.2. The molecule has 0 aromatic heterocycles. The Bertz CT molecular complexity index is 921. The van der Waals surface area contributed by atoms with Crippen molar-refractivity contribution in [2.24, 2.45) is 0 Å². The fourth-order valence-electron chi connectivity index (χ4n) is 4.29. The van der Waals surface area contributed by atoms with Crippen LogP contribution in [0.25, 0.3) is 0 Å². The number of benzene rings is 2. The van der Waals surface area contributed by atoms with Crippen molar-refractivity contribution in [2.75, 3.05) is 14.2 Å². The van der Waals surface area contributed by atoms with Crippen LogP contribution in [0.3, 0.4) is 0 Å². The molecule has 0 fully saturated rings. The molecule has 35 heavy (non-hydrogen) atoms. The molecule has 0 aliphatic heterocycles. The SMILES string of the molecule is COc1ccc(Br)cc1CC[Si](C)(O[Si](C)(CCc1cc(Br)ccc1OC)C(C)(C)C)C(C)(C)C. The molecular formula is C28H44Br2O3Si2. The minimum atomic E-state index is -2.15. The zero-order chi connectivity index (χ0) is 26.7. The van der Waals surface area contributed by atoms with Crippen LogP contribution in [0.1, 0.15) is 52.7 Å². The van der Waals surface area contributed by atoms with Gasteiger partial charge in [-0.25, -0.2) is 0 Å². The van der Waals surface area contributed by atoms with E-state index in [4.69, 9.17) is 13.6 Å². The summed E-state index contributed by atoms with van der Waals surface area (Å²) < 4.78 is 21.1. The average Bonchev–Trinajstić information content (AvgIpc) is 2.75. The van der Waals surface area contributed by atoms with Crippen LogP contribution in [0.5, 0.6) is 11.5 Å². The van der Waals surface area contributed by atoms with Crippen molar-refractivity contribution in [1.29, 1.82) is 0 Å². The highest BCUT2D eigenvalue weighted by Crippen LogP contribution is 2.49. The lowest BCUT2D eigenvalue weighted by Crippen LogP contribution is -2.57. The fraction of sp³-hybridized carbons (Fsp3) is 0.571. The standard InChI is InChI=1S/C28H44Br2O3Si2/c1-27(2,3)34(9,17-15-21-19-23(29)11-13-25(21)31-7)33-35(10,28(4,5)6)18-16-22-20-24(30)12-14-26(22)32-8/h11-14,19-20H,15-18H2,1-10H3. The van der Waals surface area contributed by atoms with Gasteiger partial charge in [0.05, 0.1) is 14.2 Å². The van der Waals surface area contributed by atoms with Crippen molar-refractivity contribution >= 4 is 48.5 Å². The summed E-state index contributed by atoms with van der Waals surface area (Å²) in [5.41, 5.74) is 2.48. The molecule has 0 heterocycles. The van der Waals surface area contributed by atoms with E-state index in [2.05, 4.69) is 111 Å². The largest absolute Gasteiger partial charge is 0.496 e. The molecular weight excluding hydrogens is 600 g/mol. The first kappa shape index (κ1) is 30.6. The molecule has 196 valence electrons. The van der Waals surface area contributed by atoms with Crippen molar-refractivity contribution < 1.29 is 13.6 Å². The zero-order valence-electron chi connectivity index (χ0n) is 23.3. The summed E-state index contributed by atoms with van der Waals surface area (Å²) >= 11 is 7.28. The molecule has 0 aliphatic carbocycles. The molecule has 2 atom stereocenters. The van der Waals surface area contributed by atoms with Crippen LogP contribution >= 0.6 is 31.9 Å². The monoisotopic (exact) mass is 642 g/mol. The number of halogens is 2. The minimum absolute atomic E-state index is 0.110. The van der Waals surface area contributed by atoms with Gasteiger partial charge in [0.1, 0.15) is 11.5 Å². The summed E-state index contributed by atoms with van der Waals surface area (Å²) in [5.74, 6) is 1.91. The summed E-state index contributed by atoms with van der Waals surface area (Å²) in [5, 5.41) is 0.221. The van der Waals surface area contributed by atoms with Crippen molar-refractivity contribution in [3.8, 4) is 11.5 Å². The Labute approximate surface area is 232 Å². The van der Waals surface area contributed by atoms with Crippen LogP contribution in [-0.2, 0) is 17.0 Å².